The zero-order valence-corrected chi connectivity index (χ0v) is 20.7. The van der Waals surface area contributed by atoms with E-state index in [-0.39, 0.29) is 30.1 Å². The van der Waals surface area contributed by atoms with Gasteiger partial charge in [0.1, 0.15) is 5.82 Å². The summed E-state index contributed by atoms with van der Waals surface area (Å²) in [6.07, 6.45) is 6.74. The number of likely N-dealkylation sites (N-methyl/N-ethyl adjacent to an activating group) is 1. The number of aromatic nitrogens is 2. The number of carbonyl (C=O) groups is 2. The van der Waals surface area contributed by atoms with E-state index in [1.165, 1.54) is 17.4 Å². The Morgan fingerprint density at radius 1 is 1.09 bits per heavy atom. The van der Waals surface area contributed by atoms with E-state index in [4.69, 9.17) is 0 Å². The molecule has 2 N–H and O–H groups in total. The fraction of sp³-hybridized carbons (Fsp3) is 0.250. The van der Waals surface area contributed by atoms with Crippen molar-refractivity contribution in [2.45, 2.75) is 19.8 Å². The summed E-state index contributed by atoms with van der Waals surface area (Å²) in [6, 6.07) is 11.5. The molecule has 0 radical (unpaired) electrons. The molecule has 9 heteroatoms. The van der Waals surface area contributed by atoms with Gasteiger partial charge >= 0.3 is 0 Å². The van der Waals surface area contributed by atoms with E-state index in [9.17, 15) is 9.59 Å². The van der Waals surface area contributed by atoms with Crippen LogP contribution in [0.4, 0.5) is 10.9 Å². The molecule has 0 fully saturated rings. The Labute approximate surface area is 204 Å². The summed E-state index contributed by atoms with van der Waals surface area (Å²) in [6.45, 7) is 4.51. The predicted octanol–water partition coefficient (Wildman–Crippen LogP) is 4.73. The molecule has 33 heavy (non-hydrogen) atoms. The highest BCUT2D eigenvalue weighted by molar-refractivity contribution is 7.15. The van der Waals surface area contributed by atoms with Crippen molar-refractivity contribution in [1.82, 2.24) is 14.9 Å². The number of hydrogen-bond donors (Lipinski definition) is 2. The molecule has 3 aromatic rings. The van der Waals surface area contributed by atoms with Gasteiger partial charge in [-0.05, 0) is 51.2 Å². The Hall–Kier alpha value is -3.07. The fourth-order valence-corrected chi connectivity index (χ4v) is 3.61. The molecule has 1 unspecified atom stereocenters. The van der Waals surface area contributed by atoms with Crippen LogP contribution in [0.5, 0.6) is 0 Å². The third-order valence-corrected chi connectivity index (χ3v) is 5.55. The maximum Gasteiger partial charge on any atom is 0.249 e. The van der Waals surface area contributed by atoms with Crippen LogP contribution in [-0.2, 0) is 9.59 Å². The number of carbonyl (C=O) groups excluding carboxylic acids is 2. The second-order valence-corrected chi connectivity index (χ2v) is 8.93. The SMILES string of the molecule is Cc1cnc(NC(=O)C(C)c2cccc(-c3ccc(NC(=O)/C=C/CN(C)C)nc3)c2)s1.Cl. The summed E-state index contributed by atoms with van der Waals surface area (Å²) in [5, 5.41) is 6.23. The summed E-state index contributed by atoms with van der Waals surface area (Å²) in [4.78, 5) is 36.1. The van der Waals surface area contributed by atoms with Gasteiger partial charge in [-0.15, -0.1) is 23.7 Å². The van der Waals surface area contributed by atoms with Crippen molar-refractivity contribution in [3.63, 3.8) is 0 Å². The van der Waals surface area contributed by atoms with Gasteiger partial charge < -0.3 is 15.5 Å². The van der Waals surface area contributed by atoms with Crippen molar-refractivity contribution < 1.29 is 9.59 Å². The minimum Gasteiger partial charge on any atom is -0.307 e. The quantitative estimate of drug-likeness (QED) is 0.450. The summed E-state index contributed by atoms with van der Waals surface area (Å²) >= 11 is 1.45. The number of benzene rings is 1. The molecule has 0 aliphatic heterocycles. The maximum absolute atomic E-state index is 12.6. The Morgan fingerprint density at radius 3 is 2.52 bits per heavy atom. The van der Waals surface area contributed by atoms with Gasteiger partial charge in [0.25, 0.3) is 0 Å². The molecule has 1 aromatic carbocycles. The minimum absolute atomic E-state index is 0. The Morgan fingerprint density at radius 2 is 1.88 bits per heavy atom. The zero-order chi connectivity index (χ0) is 23.1. The molecule has 0 saturated heterocycles. The minimum atomic E-state index is -0.334. The van der Waals surface area contributed by atoms with Gasteiger partial charge in [-0.3, -0.25) is 9.59 Å². The molecule has 174 valence electrons. The van der Waals surface area contributed by atoms with Gasteiger partial charge in [-0.25, -0.2) is 9.97 Å². The third kappa shape index (κ3) is 7.78. The number of nitrogens with zero attached hydrogens (tertiary/aromatic N) is 3. The molecule has 2 amide bonds. The lowest BCUT2D eigenvalue weighted by molar-refractivity contribution is -0.117. The second kappa shape index (κ2) is 12.2. The highest BCUT2D eigenvalue weighted by Crippen LogP contribution is 2.26. The molecule has 0 saturated carbocycles. The molecule has 0 aliphatic rings. The lowest BCUT2D eigenvalue weighted by Gasteiger charge is -2.13. The van der Waals surface area contributed by atoms with Crippen LogP contribution < -0.4 is 10.6 Å². The molecule has 0 aliphatic carbocycles. The Balaban J connectivity index is 0.00000385. The standard InChI is InChI=1S/C24H27N5O2S.ClH/c1-16-14-26-24(32-16)28-23(31)17(2)18-7-5-8-19(13-18)20-10-11-21(25-15-20)27-22(30)9-6-12-29(3)4;/h5-11,13-15,17H,12H2,1-4H3,(H,25,27,30)(H,26,28,31);1H/b9-6+;. The monoisotopic (exact) mass is 485 g/mol. The Bertz CT molecular complexity index is 1110. The van der Waals surface area contributed by atoms with Crippen LogP contribution in [0, 0.1) is 6.92 Å². The van der Waals surface area contributed by atoms with E-state index in [1.807, 2.05) is 63.2 Å². The van der Waals surface area contributed by atoms with Gasteiger partial charge in [0.05, 0.1) is 5.92 Å². The zero-order valence-electron chi connectivity index (χ0n) is 19.0. The van der Waals surface area contributed by atoms with E-state index in [2.05, 4.69) is 20.6 Å². The van der Waals surface area contributed by atoms with Crippen molar-refractivity contribution in [3.8, 4) is 11.1 Å². The normalized spacial score (nSPS) is 11.8. The van der Waals surface area contributed by atoms with Gasteiger partial charge in [0.15, 0.2) is 5.13 Å². The fourth-order valence-electron chi connectivity index (χ4n) is 2.94. The van der Waals surface area contributed by atoms with Gasteiger partial charge in [-0.2, -0.15) is 0 Å². The number of rotatable bonds is 8. The number of nitrogens with one attached hydrogen (secondary N) is 2. The summed E-state index contributed by atoms with van der Waals surface area (Å²) < 4.78 is 0. The summed E-state index contributed by atoms with van der Waals surface area (Å²) in [5.74, 6) is -0.171. The van der Waals surface area contributed by atoms with Crippen LogP contribution in [0.3, 0.4) is 0 Å². The van der Waals surface area contributed by atoms with Crippen molar-refractivity contribution in [1.29, 1.82) is 0 Å². The molecule has 7 nitrogen and oxygen atoms in total. The third-order valence-electron chi connectivity index (χ3n) is 4.72. The number of halogens is 1. The topological polar surface area (TPSA) is 87.2 Å². The van der Waals surface area contributed by atoms with E-state index in [1.54, 1.807) is 24.5 Å². The van der Waals surface area contributed by atoms with E-state index in [0.29, 0.717) is 17.5 Å². The van der Waals surface area contributed by atoms with Crippen LogP contribution >= 0.6 is 23.7 Å². The van der Waals surface area contributed by atoms with Crippen LogP contribution in [0.25, 0.3) is 11.1 Å². The smallest absolute Gasteiger partial charge is 0.249 e. The van der Waals surface area contributed by atoms with E-state index in [0.717, 1.165) is 21.6 Å². The first-order chi connectivity index (χ1) is 15.3. The van der Waals surface area contributed by atoms with Gasteiger partial charge in [0.2, 0.25) is 11.8 Å². The van der Waals surface area contributed by atoms with Crippen molar-refractivity contribution in [2.75, 3.05) is 31.3 Å². The van der Waals surface area contributed by atoms with Crippen LogP contribution in [0.2, 0.25) is 0 Å². The van der Waals surface area contributed by atoms with Crippen molar-refractivity contribution >= 4 is 46.5 Å². The van der Waals surface area contributed by atoms with Crippen LogP contribution in [-0.4, -0.2) is 47.3 Å². The number of pyridine rings is 1. The van der Waals surface area contributed by atoms with Crippen molar-refractivity contribution in [3.05, 3.63) is 71.4 Å². The predicted molar refractivity (Wildman–Crippen MR) is 137 cm³/mol. The number of hydrogen-bond acceptors (Lipinski definition) is 6. The first kappa shape index (κ1) is 26.2. The molecular weight excluding hydrogens is 458 g/mol. The molecule has 0 spiro atoms. The van der Waals surface area contributed by atoms with Gasteiger partial charge in [0, 0.05) is 35.5 Å². The molecule has 2 aromatic heterocycles. The average molecular weight is 486 g/mol. The first-order valence-corrected chi connectivity index (χ1v) is 11.1. The maximum atomic E-state index is 12.6. The molecule has 1 atom stereocenters. The summed E-state index contributed by atoms with van der Waals surface area (Å²) in [7, 11) is 3.87. The molecule has 3 rings (SSSR count). The van der Waals surface area contributed by atoms with Gasteiger partial charge in [-0.1, -0.05) is 30.3 Å². The lowest BCUT2D eigenvalue weighted by atomic mass is 9.96. The highest BCUT2D eigenvalue weighted by Gasteiger charge is 2.17. The van der Waals surface area contributed by atoms with E-state index >= 15 is 0 Å². The molecule has 2 heterocycles. The number of aryl methyl sites for hydroxylation is 1. The van der Waals surface area contributed by atoms with Crippen LogP contribution in [0.1, 0.15) is 23.3 Å². The highest BCUT2D eigenvalue weighted by atomic mass is 35.5. The Kier molecular flexibility index (Phi) is 9.72. The second-order valence-electron chi connectivity index (χ2n) is 7.70. The first-order valence-electron chi connectivity index (χ1n) is 10.2. The van der Waals surface area contributed by atoms with E-state index < -0.39 is 0 Å². The average Bonchev–Trinajstić information content (AvgIpc) is 3.18. The number of thiazole rings is 1. The molecule has 0 bridgehead atoms. The largest absolute Gasteiger partial charge is 0.307 e. The number of anilines is 2. The lowest BCUT2D eigenvalue weighted by Crippen LogP contribution is -2.18. The summed E-state index contributed by atoms with van der Waals surface area (Å²) in [5.41, 5.74) is 2.75. The van der Waals surface area contributed by atoms with Crippen LogP contribution in [0.15, 0.2) is 60.9 Å². The van der Waals surface area contributed by atoms with Crippen molar-refractivity contribution in [2.24, 2.45) is 0 Å². The molecular formula is C24H28ClN5O2S. The number of amides is 2.